The van der Waals surface area contributed by atoms with Crippen LogP contribution in [0.3, 0.4) is 0 Å². The minimum absolute atomic E-state index is 0.148. The van der Waals surface area contributed by atoms with Crippen LogP contribution in [-0.2, 0) is 17.1 Å². The Bertz CT molecular complexity index is 936. The lowest BCUT2D eigenvalue weighted by molar-refractivity contribution is 0.101. The number of nitrogens with one attached hydrogen (secondary N) is 1. The summed E-state index contributed by atoms with van der Waals surface area (Å²) >= 11 is 0. The van der Waals surface area contributed by atoms with E-state index in [9.17, 15) is 13.2 Å². The fourth-order valence-corrected chi connectivity index (χ4v) is 4.98. The Morgan fingerprint density at radius 2 is 2.07 bits per heavy atom. The van der Waals surface area contributed by atoms with Crippen molar-refractivity contribution in [1.82, 2.24) is 8.87 Å². The Kier molecular flexibility index (Phi) is 5.57. The Labute approximate surface area is 160 Å². The van der Waals surface area contributed by atoms with Crippen LogP contribution >= 0.6 is 0 Å². The molecular weight excluding hydrogens is 366 g/mol. The largest absolute Gasteiger partial charge is 0.497 e. The molecule has 1 atom stereocenters. The standard InChI is InChI=1S/C19H25N3O4S/c1-14-6-5-9-22(12-14)27(24,25)17-11-18(21(2)13-17)19(23)20-15-7-4-8-16(10-15)26-3/h4,7-8,10-11,13-14H,5-6,9,12H2,1-3H3,(H,20,23)/t14-/m1/s1. The third-order valence-electron chi connectivity index (χ3n) is 4.80. The van der Waals surface area contributed by atoms with Crippen molar-refractivity contribution in [2.75, 3.05) is 25.5 Å². The molecule has 1 fully saturated rings. The van der Waals surface area contributed by atoms with E-state index in [1.807, 2.05) is 0 Å². The van der Waals surface area contributed by atoms with Crippen molar-refractivity contribution in [1.29, 1.82) is 0 Å². The van der Waals surface area contributed by atoms with Crippen molar-refractivity contribution < 1.29 is 17.9 Å². The molecule has 8 heteroatoms. The molecule has 0 unspecified atom stereocenters. The van der Waals surface area contributed by atoms with E-state index >= 15 is 0 Å². The summed E-state index contributed by atoms with van der Waals surface area (Å²) in [6.07, 6.45) is 3.39. The molecule has 146 valence electrons. The first kappa shape index (κ1) is 19.4. The third-order valence-corrected chi connectivity index (χ3v) is 6.63. The lowest BCUT2D eigenvalue weighted by Gasteiger charge is -2.29. The second kappa shape index (κ2) is 7.74. The number of carbonyl (C=O) groups is 1. The minimum atomic E-state index is -3.60. The number of aryl methyl sites for hydroxylation is 1. The number of hydrogen-bond donors (Lipinski definition) is 1. The molecule has 0 bridgehead atoms. The van der Waals surface area contributed by atoms with Gasteiger partial charge in [-0.2, -0.15) is 4.31 Å². The Balaban J connectivity index is 1.82. The second-order valence-electron chi connectivity index (χ2n) is 6.97. The number of sulfonamides is 1. The number of methoxy groups -OCH3 is 1. The minimum Gasteiger partial charge on any atom is -0.497 e. The first-order valence-corrected chi connectivity index (χ1v) is 10.4. The first-order valence-electron chi connectivity index (χ1n) is 8.93. The number of carbonyl (C=O) groups excluding carboxylic acids is 1. The van der Waals surface area contributed by atoms with Crippen LogP contribution in [0.5, 0.6) is 5.75 Å². The fourth-order valence-electron chi connectivity index (χ4n) is 3.31. The molecular formula is C19H25N3O4S. The molecule has 7 nitrogen and oxygen atoms in total. The zero-order chi connectivity index (χ0) is 19.6. The molecule has 2 aromatic rings. The predicted molar refractivity (Wildman–Crippen MR) is 104 cm³/mol. The smallest absolute Gasteiger partial charge is 0.272 e. The molecule has 3 rings (SSSR count). The Morgan fingerprint density at radius 1 is 1.30 bits per heavy atom. The molecule has 0 saturated carbocycles. The number of piperidine rings is 1. The van der Waals surface area contributed by atoms with E-state index < -0.39 is 10.0 Å². The zero-order valence-electron chi connectivity index (χ0n) is 15.8. The average molecular weight is 391 g/mol. The summed E-state index contributed by atoms with van der Waals surface area (Å²) in [4.78, 5) is 12.8. The van der Waals surface area contributed by atoms with Gasteiger partial charge >= 0.3 is 0 Å². The summed E-state index contributed by atoms with van der Waals surface area (Å²) in [5, 5.41) is 2.78. The van der Waals surface area contributed by atoms with Crippen LogP contribution in [-0.4, -0.2) is 43.4 Å². The van der Waals surface area contributed by atoms with Gasteiger partial charge < -0.3 is 14.6 Å². The molecule has 1 aromatic heterocycles. The molecule has 1 saturated heterocycles. The molecule has 1 aliphatic rings. The highest BCUT2D eigenvalue weighted by Crippen LogP contribution is 2.25. The van der Waals surface area contributed by atoms with Crippen molar-refractivity contribution in [3.8, 4) is 5.75 Å². The molecule has 1 aromatic carbocycles. The topological polar surface area (TPSA) is 80.6 Å². The molecule has 1 aliphatic heterocycles. The maximum Gasteiger partial charge on any atom is 0.272 e. The van der Waals surface area contributed by atoms with Gasteiger partial charge in [0.05, 0.1) is 7.11 Å². The van der Waals surface area contributed by atoms with Gasteiger partial charge in [0.25, 0.3) is 5.91 Å². The van der Waals surface area contributed by atoms with E-state index in [4.69, 9.17) is 4.74 Å². The van der Waals surface area contributed by atoms with Gasteiger partial charge in [-0.05, 0) is 37.0 Å². The number of ether oxygens (including phenoxy) is 1. The van der Waals surface area contributed by atoms with E-state index in [-0.39, 0.29) is 16.5 Å². The summed E-state index contributed by atoms with van der Waals surface area (Å²) < 4.78 is 34.1. The zero-order valence-corrected chi connectivity index (χ0v) is 16.6. The first-order chi connectivity index (χ1) is 12.8. The quantitative estimate of drug-likeness (QED) is 0.850. The van der Waals surface area contributed by atoms with Crippen molar-refractivity contribution in [2.45, 2.75) is 24.7 Å². The van der Waals surface area contributed by atoms with E-state index in [1.165, 1.54) is 21.1 Å². The highest BCUT2D eigenvalue weighted by molar-refractivity contribution is 7.89. The molecule has 0 radical (unpaired) electrons. The van der Waals surface area contributed by atoms with Crippen LogP contribution in [0.15, 0.2) is 41.4 Å². The summed E-state index contributed by atoms with van der Waals surface area (Å²) in [5.41, 5.74) is 0.858. The third kappa shape index (κ3) is 4.17. The van der Waals surface area contributed by atoms with E-state index in [1.54, 1.807) is 38.4 Å². The summed E-state index contributed by atoms with van der Waals surface area (Å²) in [6.45, 7) is 3.09. The van der Waals surface area contributed by atoms with Gasteiger partial charge in [-0.15, -0.1) is 0 Å². The lowest BCUT2D eigenvalue weighted by Crippen LogP contribution is -2.38. The molecule has 1 N–H and O–H groups in total. The summed E-state index contributed by atoms with van der Waals surface area (Å²) in [5.74, 6) is 0.592. The number of benzene rings is 1. The highest BCUT2D eigenvalue weighted by Gasteiger charge is 2.30. The average Bonchev–Trinajstić information content (AvgIpc) is 3.04. The van der Waals surface area contributed by atoms with Crippen molar-refractivity contribution >= 4 is 21.6 Å². The van der Waals surface area contributed by atoms with Crippen molar-refractivity contribution in [3.05, 3.63) is 42.2 Å². The Hall–Kier alpha value is -2.32. The van der Waals surface area contributed by atoms with Crippen LogP contribution in [0.4, 0.5) is 5.69 Å². The number of hydrogen-bond acceptors (Lipinski definition) is 4. The van der Waals surface area contributed by atoms with Crippen molar-refractivity contribution in [2.24, 2.45) is 13.0 Å². The SMILES string of the molecule is COc1cccc(NC(=O)c2cc(S(=O)(=O)N3CCC[C@@H](C)C3)cn2C)c1. The number of amides is 1. The lowest BCUT2D eigenvalue weighted by atomic mass is 10.0. The monoisotopic (exact) mass is 391 g/mol. The normalized spacial score (nSPS) is 18.3. The molecule has 27 heavy (non-hydrogen) atoms. The van der Waals surface area contributed by atoms with Crippen LogP contribution in [0.1, 0.15) is 30.3 Å². The van der Waals surface area contributed by atoms with E-state index in [0.29, 0.717) is 30.4 Å². The number of rotatable bonds is 5. The van der Waals surface area contributed by atoms with E-state index in [2.05, 4.69) is 12.2 Å². The van der Waals surface area contributed by atoms with Gasteiger partial charge in [-0.25, -0.2) is 8.42 Å². The van der Waals surface area contributed by atoms with Crippen LogP contribution in [0.25, 0.3) is 0 Å². The van der Waals surface area contributed by atoms with Crippen molar-refractivity contribution in [3.63, 3.8) is 0 Å². The van der Waals surface area contributed by atoms with Gasteiger partial charge in [0.15, 0.2) is 0 Å². The van der Waals surface area contributed by atoms with Gasteiger partial charge in [0.1, 0.15) is 16.3 Å². The summed E-state index contributed by atoms with van der Waals surface area (Å²) in [7, 11) is -0.384. The molecule has 0 spiro atoms. The predicted octanol–water partition coefficient (Wildman–Crippen LogP) is 2.71. The molecule has 1 amide bonds. The number of aromatic nitrogens is 1. The maximum absolute atomic E-state index is 12.9. The second-order valence-corrected chi connectivity index (χ2v) is 8.91. The summed E-state index contributed by atoms with van der Waals surface area (Å²) in [6, 6.07) is 8.43. The molecule has 2 heterocycles. The van der Waals surface area contributed by atoms with Gasteiger partial charge in [-0.1, -0.05) is 13.0 Å². The van der Waals surface area contributed by atoms with Crippen LogP contribution in [0, 0.1) is 5.92 Å². The highest BCUT2D eigenvalue weighted by atomic mass is 32.2. The van der Waals surface area contributed by atoms with Gasteiger partial charge in [0, 0.05) is 38.1 Å². The van der Waals surface area contributed by atoms with Gasteiger partial charge in [-0.3, -0.25) is 4.79 Å². The Morgan fingerprint density at radius 3 is 2.78 bits per heavy atom. The van der Waals surface area contributed by atoms with E-state index in [0.717, 1.165) is 12.8 Å². The van der Waals surface area contributed by atoms with Crippen LogP contribution in [0.2, 0.25) is 0 Å². The maximum atomic E-state index is 12.9. The molecule has 0 aliphatic carbocycles. The number of nitrogens with zero attached hydrogens (tertiary/aromatic N) is 2. The van der Waals surface area contributed by atoms with Gasteiger partial charge in [0.2, 0.25) is 10.0 Å². The fraction of sp³-hybridized carbons (Fsp3) is 0.421. The van der Waals surface area contributed by atoms with Crippen LogP contribution < -0.4 is 10.1 Å². The number of anilines is 1.